The summed E-state index contributed by atoms with van der Waals surface area (Å²) in [5.74, 6) is -0.641. The first kappa shape index (κ1) is 12.6. The molecule has 16 heavy (non-hydrogen) atoms. The predicted octanol–water partition coefficient (Wildman–Crippen LogP) is -0.592. The monoisotopic (exact) mass is 243 g/mol. The van der Waals surface area contributed by atoms with Gasteiger partial charge in [-0.2, -0.15) is 0 Å². The second kappa shape index (κ2) is 5.04. The predicted molar refractivity (Wildman–Crippen MR) is 59.3 cm³/mol. The number of hydrogen-bond donors (Lipinski definition) is 2. The summed E-state index contributed by atoms with van der Waals surface area (Å²) in [6, 6.07) is 1.67. The van der Waals surface area contributed by atoms with Gasteiger partial charge in [-0.05, 0) is 18.6 Å². The first-order valence-electron chi connectivity index (χ1n) is 4.59. The number of aryl methyl sites for hydroxylation is 1. The van der Waals surface area contributed by atoms with E-state index in [4.69, 9.17) is 5.14 Å². The highest BCUT2D eigenvalue weighted by Crippen LogP contribution is 2.00. The maximum Gasteiger partial charge on any atom is 0.252 e. The minimum Gasteiger partial charge on any atom is -0.351 e. The summed E-state index contributed by atoms with van der Waals surface area (Å²) in [5.41, 5.74) is 1.26. The van der Waals surface area contributed by atoms with Gasteiger partial charge in [-0.1, -0.05) is 0 Å². The molecule has 0 aliphatic rings. The number of sulfonamides is 1. The average molecular weight is 243 g/mol. The Kier molecular flexibility index (Phi) is 3.97. The highest BCUT2D eigenvalue weighted by molar-refractivity contribution is 7.89. The molecule has 0 bridgehead atoms. The Morgan fingerprint density at radius 1 is 1.50 bits per heavy atom. The molecule has 1 heterocycles. The second-order valence-electron chi connectivity index (χ2n) is 3.37. The van der Waals surface area contributed by atoms with Gasteiger partial charge in [0.25, 0.3) is 5.91 Å². The third-order valence-corrected chi connectivity index (χ3v) is 2.58. The number of primary sulfonamides is 1. The van der Waals surface area contributed by atoms with Crippen LogP contribution in [-0.2, 0) is 10.0 Å². The van der Waals surface area contributed by atoms with Gasteiger partial charge in [0.2, 0.25) is 10.0 Å². The molecule has 1 rings (SSSR count). The molecule has 0 aromatic carbocycles. The van der Waals surface area contributed by atoms with Gasteiger partial charge in [0.05, 0.1) is 11.3 Å². The summed E-state index contributed by atoms with van der Waals surface area (Å²) in [6.07, 6.45) is 3.04. The summed E-state index contributed by atoms with van der Waals surface area (Å²) in [4.78, 5) is 15.4. The van der Waals surface area contributed by atoms with Gasteiger partial charge in [0, 0.05) is 18.9 Å². The lowest BCUT2D eigenvalue weighted by molar-refractivity contribution is 0.0955. The van der Waals surface area contributed by atoms with Gasteiger partial charge in [0.15, 0.2) is 0 Å². The molecular formula is C9H13N3O3S. The Bertz CT molecular complexity index is 485. The highest BCUT2D eigenvalue weighted by atomic mass is 32.2. The van der Waals surface area contributed by atoms with Gasteiger partial charge in [-0.3, -0.25) is 9.78 Å². The summed E-state index contributed by atoms with van der Waals surface area (Å²) >= 11 is 0. The minimum atomic E-state index is -3.54. The van der Waals surface area contributed by atoms with E-state index in [0.29, 0.717) is 5.56 Å². The van der Waals surface area contributed by atoms with Crippen molar-refractivity contribution < 1.29 is 13.2 Å². The maximum atomic E-state index is 11.5. The molecule has 88 valence electrons. The van der Waals surface area contributed by atoms with Crippen molar-refractivity contribution in [2.75, 3.05) is 12.3 Å². The van der Waals surface area contributed by atoms with Crippen LogP contribution in [0.4, 0.5) is 0 Å². The Morgan fingerprint density at radius 3 is 2.75 bits per heavy atom. The normalized spacial score (nSPS) is 11.1. The fourth-order valence-electron chi connectivity index (χ4n) is 1.09. The topological polar surface area (TPSA) is 102 Å². The van der Waals surface area contributed by atoms with Crippen LogP contribution >= 0.6 is 0 Å². The smallest absolute Gasteiger partial charge is 0.252 e. The zero-order chi connectivity index (χ0) is 12.2. The van der Waals surface area contributed by atoms with Crippen LogP contribution in [0.15, 0.2) is 18.5 Å². The molecule has 7 heteroatoms. The molecule has 0 atom stereocenters. The van der Waals surface area contributed by atoms with Crippen molar-refractivity contribution in [3.8, 4) is 0 Å². The summed E-state index contributed by atoms with van der Waals surface area (Å²) in [6.45, 7) is 1.81. The number of nitrogens with two attached hydrogens (primary N) is 1. The number of aromatic nitrogens is 1. The van der Waals surface area contributed by atoms with Crippen molar-refractivity contribution in [3.05, 3.63) is 29.6 Å². The van der Waals surface area contributed by atoms with E-state index in [2.05, 4.69) is 10.3 Å². The third-order valence-electron chi connectivity index (χ3n) is 1.81. The number of rotatable bonds is 4. The van der Waals surface area contributed by atoms with Crippen LogP contribution in [0.2, 0.25) is 0 Å². The molecule has 3 N–H and O–H groups in total. The van der Waals surface area contributed by atoms with E-state index in [0.717, 1.165) is 5.56 Å². The van der Waals surface area contributed by atoms with E-state index in [1.807, 2.05) is 6.92 Å². The molecule has 6 nitrogen and oxygen atoms in total. The molecule has 0 saturated carbocycles. The van der Waals surface area contributed by atoms with E-state index < -0.39 is 10.0 Å². The number of nitrogens with one attached hydrogen (secondary N) is 1. The van der Waals surface area contributed by atoms with E-state index in [1.165, 1.54) is 6.20 Å². The van der Waals surface area contributed by atoms with Crippen molar-refractivity contribution in [1.29, 1.82) is 0 Å². The van der Waals surface area contributed by atoms with Crippen molar-refractivity contribution in [3.63, 3.8) is 0 Å². The largest absolute Gasteiger partial charge is 0.351 e. The number of pyridine rings is 1. The molecule has 0 spiro atoms. The molecule has 1 aromatic rings. The Hall–Kier alpha value is -1.47. The number of nitrogens with zero attached hydrogens (tertiary/aromatic N) is 1. The Morgan fingerprint density at radius 2 is 2.19 bits per heavy atom. The van der Waals surface area contributed by atoms with Crippen molar-refractivity contribution in [1.82, 2.24) is 10.3 Å². The summed E-state index contributed by atoms with van der Waals surface area (Å²) in [5, 5.41) is 7.24. The first-order valence-corrected chi connectivity index (χ1v) is 6.30. The SMILES string of the molecule is Cc1cncc(C(=O)NCCS(N)(=O)=O)c1. The van der Waals surface area contributed by atoms with Crippen LogP contribution < -0.4 is 10.5 Å². The van der Waals surface area contributed by atoms with Crippen molar-refractivity contribution >= 4 is 15.9 Å². The Balaban J connectivity index is 2.54. The van der Waals surface area contributed by atoms with Crippen LogP contribution in [0.3, 0.4) is 0 Å². The molecule has 0 fully saturated rings. The molecule has 0 unspecified atom stereocenters. The van der Waals surface area contributed by atoms with Gasteiger partial charge >= 0.3 is 0 Å². The lowest BCUT2D eigenvalue weighted by atomic mass is 10.2. The number of amides is 1. The molecule has 0 radical (unpaired) electrons. The van der Waals surface area contributed by atoms with Crippen LogP contribution in [-0.4, -0.2) is 31.6 Å². The van der Waals surface area contributed by atoms with Crippen molar-refractivity contribution in [2.45, 2.75) is 6.92 Å². The summed E-state index contributed by atoms with van der Waals surface area (Å²) in [7, 11) is -3.54. The van der Waals surface area contributed by atoms with E-state index in [1.54, 1.807) is 12.3 Å². The molecule has 0 saturated heterocycles. The third kappa shape index (κ3) is 4.37. The lowest BCUT2D eigenvalue weighted by Gasteiger charge is -2.04. The first-order chi connectivity index (χ1) is 7.38. The molecule has 0 aliphatic heterocycles. The van der Waals surface area contributed by atoms with Gasteiger partial charge < -0.3 is 5.32 Å². The number of carbonyl (C=O) groups excluding carboxylic acids is 1. The molecule has 1 amide bonds. The maximum absolute atomic E-state index is 11.5. The molecular weight excluding hydrogens is 230 g/mol. The van der Waals surface area contributed by atoms with Crippen LogP contribution in [0.25, 0.3) is 0 Å². The number of carbonyl (C=O) groups is 1. The van der Waals surface area contributed by atoms with Gasteiger partial charge in [0.1, 0.15) is 0 Å². The van der Waals surface area contributed by atoms with Gasteiger partial charge in [-0.25, -0.2) is 13.6 Å². The zero-order valence-corrected chi connectivity index (χ0v) is 9.62. The minimum absolute atomic E-state index is 0.00832. The average Bonchev–Trinajstić information content (AvgIpc) is 2.15. The standard InChI is InChI=1S/C9H13N3O3S/c1-7-4-8(6-11-5-7)9(13)12-2-3-16(10,14)15/h4-6H,2-3H2,1H3,(H,12,13)(H2,10,14,15). The highest BCUT2D eigenvalue weighted by Gasteiger charge is 2.07. The summed E-state index contributed by atoms with van der Waals surface area (Å²) < 4.78 is 21.2. The van der Waals surface area contributed by atoms with Crippen LogP contribution in [0, 0.1) is 6.92 Å². The zero-order valence-electron chi connectivity index (χ0n) is 8.80. The second-order valence-corrected chi connectivity index (χ2v) is 5.11. The fourth-order valence-corrected chi connectivity index (χ4v) is 1.47. The van der Waals surface area contributed by atoms with E-state index in [-0.39, 0.29) is 18.2 Å². The van der Waals surface area contributed by atoms with Gasteiger partial charge in [-0.15, -0.1) is 0 Å². The number of hydrogen-bond acceptors (Lipinski definition) is 4. The lowest BCUT2D eigenvalue weighted by Crippen LogP contribution is -2.31. The van der Waals surface area contributed by atoms with E-state index >= 15 is 0 Å². The van der Waals surface area contributed by atoms with Crippen molar-refractivity contribution in [2.24, 2.45) is 5.14 Å². The quantitative estimate of drug-likeness (QED) is 0.737. The van der Waals surface area contributed by atoms with E-state index in [9.17, 15) is 13.2 Å². The fraction of sp³-hybridized carbons (Fsp3) is 0.333. The van der Waals surface area contributed by atoms with Crippen LogP contribution in [0.5, 0.6) is 0 Å². The molecule has 1 aromatic heterocycles. The van der Waals surface area contributed by atoms with Crippen LogP contribution in [0.1, 0.15) is 15.9 Å². The molecule has 0 aliphatic carbocycles. The Labute approximate surface area is 93.9 Å².